The zero-order chi connectivity index (χ0) is 11.2. The third-order valence-electron chi connectivity index (χ3n) is 2.76. The fourth-order valence-electron chi connectivity index (χ4n) is 1.87. The Hall–Kier alpha value is -1.29. The molecule has 1 N–H and O–H groups in total. The predicted molar refractivity (Wildman–Crippen MR) is 62.9 cm³/mol. The van der Waals surface area contributed by atoms with Gasteiger partial charge in [0.05, 0.1) is 13.2 Å². The number of ether oxygens (including phenoxy) is 2. The second-order valence-corrected chi connectivity index (χ2v) is 3.92. The fourth-order valence-corrected chi connectivity index (χ4v) is 1.87. The lowest BCUT2D eigenvalue weighted by molar-refractivity contribution is 0.0247. The van der Waals surface area contributed by atoms with Crippen LogP contribution in [0.1, 0.15) is 19.3 Å². The van der Waals surface area contributed by atoms with Crippen molar-refractivity contribution in [1.29, 1.82) is 0 Å². The van der Waals surface area contributed by atoms with Gasteiger partial charge in [-0.3, -0.25) is 0 Å². The van der Waals surface area contributed by atoms with Gasteiger partial charge < -0.3 is 14.8 Å². The van der Waals surface area contributed by atoms with E-state index in [0.717, 1.165) is 31.1 Å². The number of hydrogen-bond donors (Lipinski definition) is 1. The van der Waals surface area contributed by atoms with Gasteiger partial charge in [-0.1, -0.05) is 0 Å². The van der Waals surface area contributed by atoms with Crippen molar-refractivity contribution >= 4 is 5.82 Å². The molecule has 0 radical (unpaired) electrons. The molecule has 1 atom stereocenters. The largest absolute Gasteiger partial charge is 0.493 e. The molecule has 0 amide bonds. The van der Waals surface area contributed by atoms with E-state index in [1.807, 2.05) is 12.1 Å². The van der Waals surface area contributed by atoms with Gasteiger partial charge in [0.15, 0.2) is 11.6 Å². The highest BCUT2D eigenvalue weighted by atomic mass is 16.5. The number of pyridine rings is 1. The molecule has 1 aliphatic rings. The third kappa shape index (κ3) is 2.85. The summed E-state index contributed by atoms with van der Waals surface area (Å²) in [6, 6.07) is 3.76. The number of nitrogens with one attached hydrogen (secondary N) is 1. The average molecular weight is 222 g/mol. The van der Waals surface area contributed by atoms with E-state index in [-0.39, 0.29) is 0 Å². The van der Waals surface area contributed by atoms with Gasteiger partial charge in [0.25, 0.3) is 0 Å². The molecule has 1 aliphatic heterocycles. The highest BCUT2D eigenvalue weighted by Gasteiger charge is 2.14. The molecule has 1 saturated heterocycles. The molecule has 0 aromatic carbocycles. The van der Waals surface area contributed by atoms with Gasteiger partial charge >= 0.3 is 0 Å². The van der Waals surface area contributed by atoms with Crippen molar-refractivity contribution in [2.24, 2.45) is 0 Å². The Kier molecular flexibility index (Phi) is 3.99. The number of aromatic nitrogens is 1. The lowest BCUT2D eigenvalue weighted by Gasteiger charge is -2.23. The van der Waals surface area contributed by atoms with Gasteiger partial charge in [0, 0.05) is 19.3 Å². The van der Waals surface area contributed by atoms with Gasteiger partial charge in [-0.25, -0.2) is 4.98 Å². The van der Waals surface area contributed by atoms with Gasteiger partial charge in [0.1, 0.15) is 0 Å². The van der Waals surface area contributed by atoms with Crippen molar-refractivity contribution in [1.82, 2.24) is 4.98 Å². The molecule has 0 bridgehead atoms. The number of rotatable bonds is 4. The quantitative estimate of drug-likeness (QED) is 0.847. The molecule has 1 unspecified atom stereocenters. The smallest absolute Gasteiger partial charge is 0.168 e. The highest BCUT2D eigenvalue weighted by molar-refractivity contribution is 5.49. The van der Waals surface area contributed by atoms with Crippen LogP contribution in [-0.2, 0) is 4.74 Å². The second-order valence-electron chi connectivity index (χ2n) is 3.92. The Morgan fingerprint density at radius 1 is 1.56 bits per heavy atom. The molecular formula is C12H18N2O2. The first-order chi connectivity index (χ1) is 7.90. The summed E-state index contributed by atoms with van der Waals surface area (Å²) in [5.41, 5.74) is 0. The summed E-state index contributed by atoms with van der Waals surface area (Å²) in [5, 5.41) is 3.27. The van der Waals surface area contributed by atoms with E-state index >= 15 is 0 Å². The molecule has 0 aliphatic carbocycles. The van der Waals surface area contributed by atoms with E-state index in [4.69, 9.17) is 9.47 Å². The van der Waals surface area contributed by atoms with E-state index in [1.165, 1.54) is 12.8 Å². The molecule has 2 heterocycles. The molecule has 1 aromatic heterocycles. The van der Waals surface area contributed by atoms with Crippen LogP contribution < -0.4 is 10.1 Å². The summed E-state index contributed by atoms with van der Waals surface area (Å²) in [6.07, 6.45) is 5.63. The summed E-state index contributed by atoms with van der Waals surface area (Å²) in [6.45, 7) is 1.68. The molecule has 16 heavy (non-hydrogen) atoms. The topological polar surface area (TPSA) is 43.4 Å². The Morgan fingerprint density at radius 2 is 2.50 bits per heavy atom. The maximum atomic E-state index is 5.64. The zero-order valence-electron chi connectivity index (χ0n) is 9.61. The monoisotopic (exact) mass is 222 g/mol. The van der Waals surface area contributed by atoms with E-state index in [2.05, 4.69) is 10.3 Å². The minimum atomic E-state index is 0.306. The van der Waals surface area contributed by atoms with Crippen molar-refractivity contribution in [3.05, 3.63) is 18.3 Å². The highest BCUT2D eigenvalue weighted by Crippen LogP contribution is 2.21. The Bertz CT molecular complexity index is 325. The lowest BCUT2D eigenvalue weighted by atomic mass is 10.1. The summed E-state index contributed by atoms with van der Waals surface area (Å²) in [7, 11) is 1.65. The van der Waals surface area contributed by atoms with Crippen molar-refractivity contribution < 1.29 is 9.47 Å². The van der Waals surface area contributed by atoms with Crippen LogP contribution in [0.2, 0.25) is 0 Å². The normalized spacial score (nSPS) is 20.4. The van der Waals surface area contributed by atoms with Crippen LogP contribution in [-0.4, -0.2) is 31.3 Å². The minimum Gasteiger partial charge on any atom is -0.493 e. The van der Waals surface area contributed by atoms with Gasteiger partial charge in [-0.15, -0.1) is 0 Å². The fraction of sp³-hybridized carbons (Fsp3) is 0.583. The van der Waals surface area contributed by atoms with Crippen LogP contribution in [0.15, 0.2) is 18.3 Å². The van der Waals surface area contributed by atoms with Crippen LogP contribution >= 0.6 is 0 Å². The Morgan fingerprint density at radius 3 is 3.25 bits per heavy atom. The van der Waals surface area contributed by atoms with Gasteiger partial charge in [-0.05, 0) is 31.4 Å². The van der Waals surface area contributed by atoms with Crippen LogP contribution in [0.3, 0.4) is 0 Å². The molecule has 0 saturated carbocycles. The second kappa shape index (κ2) is 5.70. The maximum absolute atomic E-state index is 5.64. The lowest BCUT2D eigenvalue weighted by Crippen LogP contribution is -2.27. The Balaban J connectivity index is 1.88. The SMILES string of the molecule is COc1cccnc1NCC1CCCCO1. The maximum Gasteiger partial charge on any atom is 0.168 e. The molecule has 4 heteroatoms. The molecule has 1 aromatic rings. The van der Waals surface area contributed by atoms with Crippen LogP contribution in [0.25, 0.3) is 0 Å². The number of anilines is 1. The minimum absolute atomic E-state index is 0.306. The van der Waals surface area contributed by atoms with Crippen molar-refractivity contribution in [3.63, 3.8) is 0 Å². The molecule has 4 nitrogen and oxygen atoms in total. The van der Waals surface area contributed by atoms with Crippen molar-refractivity contribution in [2.75, 3.05) is 25.6 Å². The predicted octanol–water partition coefficient (Wildman–Crippen LogP) is 2.07. The van der Waals surface area contributed by atoms with E-state index < -0.39 is 0 Å². The van der Waals surface area contributed by atoms with E-state index in [1.54, 1.807) is 13.3 Å². The number of methoxy groups -OCH3 is 1. The van der Waals surface area contributed by atoms with E-state index in [9.17, 15) is 0 Å². The van der Waals surface area contributed by atoms with Crippen LogP contribution in [0.5, 0.6) is 5.75 Å². The first-order valence-corrected chi connectivity index (χ1v) is 5.74. The standard InChI is InChI=1S/C12H18N2O2/c1-15-11-6-4-7-13-12(11)14-9-10-5-2-3-8-16-10/h4,6-7,10H,2-3,5,8-9H2,1H3,(H,13,14). The molecule has 2 rings (SSSR count). The van der Waals surface area contributed by atoms with Crippen molar-refractivity contribution in [2.45, 2.75) is 25.4 Å². The molecule has 0 spiro atoms. The molecule has 1 fully saturated rings. The first-order valence-electron chi connectivity index (χ1n) is 5.74. The average Bonchev–Trinajstić information content (AvgIpc) is 2.38. The Labute approximate surface area is 96.0 Å². The van der Waals surface area contributed by atoms with Gasteiger partial charge in [-0.2, -0.15) is 0 Å². The number of nitrogens with zero attached hydrogens (tertiary/aromatic N) is 1. The van der Waals surface area contributed by atoms with Crippen LogP contribution in [0, 0.1) is 0 Å². The zero-order valence-corrected chi connectivity index (χ0v) is 9.61. The number of hydrogen-bond acceptors (Lipinski definition) is 4. The summed E-state index contributed by atoms with van der Waals surface area (Å²) in [5.74, 6) is 1.57. The summed E-state index contributed by atoms with van der Waals surface area (Å²) >= 11 is 0. The summed E-state index contributed by atoms with van der Waals surface area (Å²) in [4.78, 5) is 4.24. The first kappa shape index (κ1) is 11.2. The van der Waals surface area contributed by atoms with E-state index in [0.29, 0.717) is 6.10 Å². The third-order valence-corrected chi connectivity index (χ3v) is 2.76. The van der Waals surface area contributed by atoms with Crippen LogP contribution in [0.4, 0.5) is 5.82 Å². The van der Waals surface area contributed by atoms with Gasteiger partial charge in [0.2, 0.25) is 0 Å². The van der Waals surface area contributed by atoms with Crippen molar-refractivity contribution in [3.8, 4) is 5.75 Å². The summed E-state index contributed by atoms with van der Waals surface area (Å²) < 4.78 is 10.9. The molecule has 88 valence electrons. The molecular weight excluding hydrogens is 204 g/mol.